The van der Waals surface area contributed by atoms with Gasteiger partial charge in [-0.3, -0.25) is 4.79 Å². The van der Waals surface area contributed by atoms with Crippen molar-refractivity contribution in [1.82, 2.24) is 10.6 Å². The van der Waals surface area contributed by atoms with Crippen LogP contribution in [0.5, 0.6) is 0 Å². The third-order valence-electron chi connectivity index (χ3n) is 5.08. The molecule has 0 radical (unpaired) electrons. The van der Waals surface area contributed by atoms with Crippen molar-refractivity contribution in [3.63, 3.8) is 0 Å². The lowest BCUT2D eigenvalue weighted by Crippen LogP contribution is -2.55. The number of piperidine rings is 1. The zero-order chi connectivity index (χ0) is 14.8. The Morgan fingerprint density at radius 2 is 1.81 bits per heavy atom. The maximum absolute atomic E-state index is 12.9. The van der Waals surface area contributed by atoms with Crippen LogP contribution < -0.4 is 10.6 Å². The normalized spacial score (nSPS) is 23.1. The molecule has 1 aliphatic heterocycles. The summed E-state index contributed by atoms with van der Waals surface area (Å²) >= 11 is 0. The van der Waals surface area contributed by atoms with E-state index < -0.39 is 11.0 Å². The van der Waals surface area contributed by atoms with Crippen molar-refractivity contribution in [2.45, 2.75) is 43.1 Å². The van der Waals surface area contributed by atoms with Crippen molar-refractivity contribution in [3.05, 3.63) is 35.9 Å². The molecule has 0 atom stereocenters. The van der Waals surface area contributed by atoms with E-state index in [1.54, 1.807) is 0 Å². The molecule has 4 heteroatoms. The van der Waals surface area contributed by atoms with Gasteiger partial charge in [0, 0.05) is 6.54 Å². The summed E-state index contributed by atoms with van der Waals surface area (Å²) in [6.45, 7) is 2.09. The summed E-state index contributed by atoms with van der Waals surface area (Å²) in [4.78, 5) is 12.9. The molecule has 1 heterocycles. The van der Waals surface area contributed by atoms with E-state index in [9.17, 15) is 9.90 Å². The highest BCUT2D eigenvalue weighted by molar-refractivity contribution is 5.88. The lowest BCUT2D eigenvalue weighted by molar-refractivity contribution is -0.130. The molecule has 3 rings (SSSR count). The van der Waals surface area contributed by atoms with Crippen molar-refractivity contribution >= 4 is 5.91 Å². The van der Waals surface area contributed by atoms with Gasteiger partial charge in [-0.25, -0.2) is 0 Å². The Labute approximate surface area is 125 Å². The lowest BCUT2D eigenvalue weighted by Gasteiger charge is -2.40. The van der Waals surface area contributed by atoms with Crippen molar-refractivity contribution < 1.29 is 9.90 Å². The third-order valence-corrected chi connectivity index (χ3v) is 5.08. The van der Waals surface area contributed by atoms with Crippen LogP contribution in [0.25, 0.3) is 0 Å². The van der Waals surface area contributed by atoms with Crippen LogP contribution in [0.15, 0.2) is 30.3 Å². The molecular formula is C17H24N2O2. The first kappa shape index (κ1) is 14.5. The molecule has 1 amide bonds. The van der Waals surface area contributed by atoms with E-state index in [4.69, 9.17) is 0 Å². The van der Waals surface area contributed by atoms with Gasteiger partial charge in [-0.15, -0.1) is 0 Å². The summed E-state index contributed by atoms with van der Waals surface area (Å²) in [6.07, 6.45) is 4.27. The van der Waals surface area contributed by atoms with Crippen molar-refractivity contribution in [1.29, 1.82) is 0 Å². The van der Waals surface area contributed by atoms with Gasteiger partial charge in [0.25, 0.3) is 0 Å². The fraction of sp³-hybridized carbons (Fsp3) is 0.588. The Bertz CT molecular complexity index is 491. The highest BCUT2D eigenvalue weighted by Crippen LogP contribution is 2.35. The number of hydrogen-bond acceptors (Lipinski definition) is 3. The van der Waals surface area contributed by atoms with E-state index in [2.05, 4.69) is 10.6 Å². The second-order valence-corrected chi connectivity index (χ2v) is 6.46. The summed E-state index contributed by atoms with van der Waals surface area (Å²) in [6, 6.07) is 10.1. The zero-order valence-corrected chi connectivity index (χ0v) is 12.4. The summed E-state index contributed by atoms with van der Waals surface area (Å²) in [5, 5.41) is 16.5. The number of hydrogen-bond donors (Lipinski definition) is 3. The van der Waals surface area contributed by atoms with Gasteiger partial charge < -0.3 is 15.7 Å². The molecule has 21 heavy (non-hydrogen) atoms. The van der Waals surface area contributed by atoms with Gasteiger partial charge in [0.1, 0.15) is 0 Å². The third kappa shape index (κ3) is 2.83. The van der Waals surface area contributed by atoms with Crippen molar-refractivity contribution in [2.24, 2.45) is 0 Å². The van der Waals surface area contributed by atoms with Crippen LogP contribution in [0.2, 0.25) is 0 Å². The number of carbonyl (C=O) groups excluding carboxylic acids is 1. The summed E-state index contributed by atoms with van der Waals surface area (Å²) in [5.41, 5.74) is -0.0304. The molecule has 1 saturated carbocycles. The Hall–Kier alpha value is -1.39. The standard InChI is InChI=1S/C17H24N2O2/c20-15(19-13-16(21)7-4-8-16)17(9-11-18-12-10-17)14-5-2-1-3-6-14/h1-3,5-6,18,21H,4,7-13H2,(H,19,20). The minimum Gasteiger partial charge on any atom is -0.388 e. The topological polar surface area (TPSA) is 61.4 Å². The van der Waals surface area contributed by atoms with Crippen LogP contribution in [0, 0.1) is 0 Å². The number of amides is 1. The van der Waals surface area contributed by atoms with E-state index in [1.165, 1.54) is 0 Å². The van der Waals surface area contributed by atoms with Gasteiger partial charge in [-0.05, 0) is 50.8 Å². The maximum Gasteiger partial charge on any atom is 0.230 e. The Morgan fingerprint density at radius 3 is 2.38 bits per heavy atom. The quantitative estimate of drug-likeness (QED) is 0.783. The molecule has 0 aromatic heterocycles. The molecule has 1 saturated heterocycles. The predicted molar refractivity (Wildman–Crippen MR) is 82.0 cm³/mol. The van der Waals surface area contributed by atoms with Crippen LogP contribution in [-0.4, -0.2) is 36.2 Å². The highest BCUT2D eigenvalue weighted by atomic mass is 16.3. The molecule has 1 aromatic rings. The minimum atomic E-state index is -0.666. The van der Waals surface area contributed by atoms with Crippen molar-refractivity contribution in [2.75, 3.05) is 19.6 Å². The molecule has 2 fully saturated rings. The molecule has 0 bridgehead atoms. The van der Waals surface area contributed by atoms with Crippen LogP contribution in [-0.2, 0) is 10.2 Å². The van der Waals surface area contributed by atoms with E-state index in [0.717, 1.165) is 50.8 Å². The summed E-state index contributed by atoms with van der Waals surface area (Å²) in [7, 11) is 0. The molecule has 2 aliphatic rings. The minimum absolute atomic E-state index is 0.0653. The smallest absolute Gasteiger partial charge is 0.230 e. The summed E-state index contributed by atoms with van der Waals surface area (Å²) < 4.78 is 0. The summed E-state index contributed by atoms with van der Waals surface area (Å²) in [5.74, 6) is 0.0653. The Balaban J connectivity index is 1.77. The largest absolute Gasteiger partial charge is 0.388 e. The van der Waals surface area contributed by atoms with Gasteiger partial charge in [0.05, 0.1) is 11.0 Å². The zero-order valence-electron chi connectivity index (χ0n) is 12.4. The lowest BCUT2D eigenvalue weighted by atomic mass is 9.72. The predicted octanol–water partition coefficient (Wildman–Crippen LogP) is 1.34. The first-order valence-corrected chi connectivity index (χ1v) is 7.92. The van der Waals surface area contributed by atoms with Gasteiger partial charge in [-0.1, -0.05) is 30.3 Å². The molecule has 4 nitrogen and oxygen atoms in total. The van der Waals surface area contributed by atoms with Gasteiger partial charge in [0.2, 0.25) is 5.91 Å². The number of benzene rings is 1. The van der Waals surface area contributed by atoms with Crippen LogP contribution in [0.3, 0.4) is 0 Å². The maximum atomic E-state index is 12.9. The fourth-order valence-corrected chi connectivity index (χ4v) is 3.43. The highest BCUT2D eigenvalue weighted by Gasteiger charge is 2.42. The number of nitrogens with one attached hydrogen (secondary N) is 2. The van der Waals surface area contributed by atoms with Crippen molar-refractivity contribution in [3.8, 4) is 0 Å². The average Bonchev–Trinajstić information content (AvgIpc) is 2.52. The molecular weight excluding hydrogens is 264 g/mol. The SMILES string of the molecule is O=C(NCC1(O)CCC1)C1(c2ccccc2)CCNCC1. The average molecular weight is 288 g/mol. The second kappa shape index (κ2) is 5.78. The Kier molecular flexibility index (Phi) is 4.00. The molecule has 0 unspecified atom stereocenters. The molecule has 114 valence electrons. The Morgan fingerprint density at radius 1 is 1.14 bits per heavy atom. The van der Waals surface area contributed by atoms with E-state index in [0.29, 0.717) is 6.54 Å². The van der Waals surface area contributed by atoms with E-state index in [-0.39, 0.29) is 5.91 Å². The molecule has 3 N–H and O–H groups in total. The first-order chi connectivity index (χ1) is 10.1. The monoisotopic (exact) mass is 288 g/mol. The van der Waals surface area contributed by atoms with Gasteiger partial charge in [-0.2, -0.15) is 0 Å². The second-order valence-electron chi connectivity index (χ2n) is 6.46. The first-order valence-electron chi connectivity index (χ1n) is 7.92. The number of rotatable bonds is 4. The number of aliphatic hydroxyl groups is 1. The number of carbonyl (C=O) groups is 1. The molecule has 1 aliphatic carbocycles. The fourth-order valence-electron chi connectivity index (χ4n) is 3.43. The van der Waals surface area contributed by atoms with Gasteiger partial charge in [0.15, 0.2) is 0 Å². The molecule has 1 aromatic carbocycles. The van der Waals surface area contributed by atoms with Crippen LogP contribution in [0.4, 0.5) is 0 Å². The van der Waals surface area contributed by atoms with Crippen LogP contribution in [0.1, 0.15) is 37.7 Å². The van der Waals surface area contributed by atoms with Gasteiger partial charge >= 0.3 is 0 Å². The van der Waals surface area contributed by atoms with E-state index in [1.807, 2.05) is 30.3 Å². The van der Waals surface area contributed by atoms with Crippen LogP contribution >= 0.6 is 0 Å². The molecule has 0 spiro atoms. The van der Waals surface area contributed by atoms with E-state index >= 15 is 0 Å².